The fraction of sp³-hybridized carbons (Fsp3) is 0.0250. The molecular formula is C40H24N2S. The van der Waals surface area contributed by atoms with Crippen LogP contribution in [0.5, 0.6) is 0 Å². The molecule has 1 aliphatic heterocycles. The number of benzene rings is 7. The maximum atomic E-state index is 8.55. The molecule has 0 amide bonds. The zero-order valence-electron chi connectivity index (χ0n) is 26.9. The highest BCUT2D eigenvalue weighted by atomic mass is 32.1. The topological polar surface area (TPSA) is 17.3 Å². The first-order chi connectivity index (χ1) is 23.0. The van der Waals surface area contributed by atoms with E-state index in [0.29, 0.717) is 17.7 Å². The molecule has 200 valence electrons. The molecule has 0 saturated heterocycles. The highest BCUT2D eigenvalue weighted by Crippen LogP contribution is 2.44. The van der Waals surface area contributed by atoms with Crippen molar-refractivity contribution in [3.63, 3.8) is 0 Å². The molecule has 9 aromatic rings. The molecule has 3 heteroatoms. The summed E-state index contributed by atoms with van der Waals surface area (Å²) in [6.45, 7) is 0. The zero-order valence-corrected chi connectivity index (χ0v) is 23.7. The molecule has 0 spiro atoms. The van der Waals surface area contributed by atoms with E-state index in [9.17, 15) is 0 Å². The van der Waals surface area contributed by atoms with Crippen molar-refractivity contribution >= 4 is 86.3 Å². The lowest BCUT2D eigenvalue weighted by Crippen LogP contribution is -2.01. The van der Waals surface area contributed by atoms with Gasteiger partial charge in [-0.3, -0.25) is 4.99 Å². The number of nitrogens with zero attached hydrogens (tertiary/aromatic N) is 2. The van der Waals surface area contributed by atoms with Crippen molar-refractivity contribution in [3.8, 4) is 5.69 Å². The van der Waals surface area contributed by atoms with Gasteiger partial charge in [-0.15, -0.1) is 11.3 Å². The first-order valence-electron chi connectivity index (χ1n) is 16.4. The van der Waals surface area contributed by atoms with Crippen LogP contribution in [0.25, 0.3) is 69.2 Å². The Morgan fingerprint density at radius 1 is 0.674 bits per heavy atom. The second kappa shape index (κ2) is 8.64. The van der Waals surface area contributed by atoms with Crippen molar-refractivity contribution in [3.05, 3.63) is 144 Å². The average molecular weight is 569 g/mol. The predicted molar refractivity (Wildman–Crippen MR) is 185 cm³/mol. The molecule has 2 aromatic heterocycles. The number of aromatic nitrogens is 1. The van der Waals surface area contributed by atoms with Crippen molar-refractivity contribution in [2.24, 2.45) is 4.99 Å². The van der Waals surface area contributed by atoms with Gasteiger partial charge in [0, 0.05) is 54.0 Å². The molecule has 0 saturated carbocycles. The molecule has 3 heterocycles. The van der Waals surface area contributed by atoms with E-state index in [1.54, 1.807) is 11.3 Å². The van der Waals surface area contributed by atoms with Crippen LogP contribution in [0.3, 0.4) is 0 Å². The van der Waals surface area contributed by atoms with Crippen LogP contribution in [0.2, 0.25) is 0 Å². The molecule has 0 N–H and O–H groups in total. The lowest BCUT2D eigenvalue weighted by Gasteiger charge is -2.11. The maximum Gasteiger partial charge on any atom is 0.0669 e. The number of rotatable bonds is 2. The predicted octanol–water partition coefficient (Wildman–Crippen LogP) is 11.1. The van der Waals surface area contributed by atoms with Crippen LogP contribution >= 0.6 is 11.3 Å². The number of aliphatic imine (C=N–C) groups is 1. The van der Waals surface area contributed by atoms with Crippen molar-refractivity contribution in [2.45, 2.75) is 6.42 Å². The zero-order chi connectivity index (χ0) is 31.6. The normalized spacial score (nSPS) is 14.5. The summed E-state index contributed by atoms with van der Waals surface area (Å²) in [6.07, 6.45) is 0.365. The van der Waals surface area contributed by atoms with Crippen molar-refractivity contribution in [1.29, 1.82) is 0 Å². The Hall–Kier alpha value is -5.25. The number of hydrogen-bond acceptors (Lipinski definition) is 2. The maximum absolute atomic E-state index is 8.55. The van der Waals surface area contributed by atoms with Crippen LogP contribution in [0.4, 0.5) is 5.69 Å². The summed E-state index contributed by atoms with van der Waals surface area (Å²) in [7, 11) is 0. The monoisotopic (exact) mass is 568 g/mol. The second-order valence-electron chi connectivity index (χ2n) is 11.2. The molecule has 2 nitrogen and oxygen atoms in total. The summed E-state index contributed by atoms with van der Waals surface area (Å²) in [6, 6.07) is 38.5. The smallest absolute Gasteiger partial charge is 0.0669 e. The van der Waals surface area contributed by atoms with Gasteiger partial charge in [-0.25, -0.2) is 0 Å². The molecule has 0 unspecified atom stereocenters. The van der Waals surface area contributed by atoms with Crippen molar-refractivity contribution in [2.75, 3.05) is 0 Å². The summed E-state index contributed by atoms with van der Waals surface area (Å²) in [5.74, 6) is 0. The largest absolute Gasteiger partial charge is 0.309 e. The first kappa shape index (κ1) is 19.8. The summed E-state index contributed by atoms with van der Waals surface area (Å²) in [4.78, 5) is 4.89. The van der Waals surface area contributed by atoms with Gasteiger partial charge in [-0.1, -0.05) is 103 Å². The van der Waals surface area contributed by atoms with Gasteiger partial charge in [0.2, 0.25) is 0 Å². The number of thiophene rings is 1. The molecule has 10 rings (SSSR count). The minimum absolute atomic E-state index is 0.00435. The Morgan fingerprint density at radius 2 is 1.44 bits per heavy atom. The molecule has 7 aromatic carbocycles. The quantitative estimate of drug-likeness (QED) is 0.197. The van der Waals surface area contributed by atoms with Crippen LogP contribution in [0.1, 0.15) is 16.6 Å². The Labute approximate surface area is 257 Å². The van der Waals surface area contributed by atoms with E-state index in [0.717, 1.165) is 33.1 Å². The average Bonchev–Trinajstić information content (AvgIpc) is 3.82. The van der Waals surface area contributed by atoms with E-state index < -0.39 is 0 Å². The van der Waals surface area contributed by atoms with Crippen LogP contribution < -0.4 is 0 Å². The lowest BCUT2D eigenvalue weighted by molar-refractivity contribution is 1.19. The Kier molecular flexibility index (Phi) is 3.98. The fourth-order valence-corrected chi connectivity index (χ4v) is 8.31. The second-order valence-corrected chi connectivity index (χ2v) is 12.3. The molecule has 43 heavy (non-hydrogen) atoms. The third kappa shape index (κ3) is 3.26. The van der Waals surface area contributed by atoms with Gasteiger partial charge in [0.25, 0.3) is 0 Å². The van der Waals surface area contributed by atoms with Gasteiger partial charge >= 0.3 is 0 Å². The first-order valence-corrected chi connectivity index (χ1v) is 15.3. The summed E-state index contributed by atoms with van der Waals surface area (Å²) in [5, 5.41) is 9.43. The number of fused-ring (bicyclic) bond motifs is 11. The molecule has 0 atom stereocenters. The Bertz CT molecular complexity index is 2880. The molecule has 0 fully saturated rings. The minimum atomic E-state index is -0.242. The van der Waals surface area contributed by atoms with E-state index in [1.165, 1.54) is 47.4 Å². The van der Waals surface area contributed by atoms with Crippen molar-refractivity contribution < 1.29 is 5.48 Å². The van der Waals surface area contributed by atoms with Gasteiger partial charge in [0.1, 0.15) is 0 Å². The van der Waals surface area contributed by atoms with Gasteiger partial charge in [0.05, 0.1) is 27.9 Å². The van der Waals surface area contributed by atoms with Gasteiger partial charge < -0.3 is 4.57 Å². The van der Waals surface area contributed by atoms with Gasteiger partial charge in [0.15, 0.2) is 0 Å². The fourth-order valence-electron chi connectivity index (χ4n) is 7.02. The Morgan fingerprint density at radius 3 is 2.37 bits per heavy atom. The van der Waals surface area contributed by atoms with E-state index in [4.69, 9.17) is 10.5 Å². The molecule has 0 aliphatic carbocycles. The highest BCUT2D eigenvalue weighted by molar-refractivity contribution is 7.26. The van der Waals surface area contributed by atoms with E-state index in [1.807, 2.05) is 6.07 Å². The summed E-state index contributed by atoms with van der Waals surface area (Å²) >= 11 is 1.78. The van der Waals surface area contributed by atoms with E-state index >= 15 is 0 Å². The number of para-hydroxylation sites is 2. The molecule has 0 bridgehead atoms. The van der Waals surface area contributed by atoms with Crippen LogP contribution in [0.15, 0.2) is 138 Å². The van der Waals surface area contributed by atoms with Crippen LogP contribution in [-0.2, 0) is 6.42 Å². The molecular weight excluding hydrogens is 541 g/mol. The van der Waals surface area contributed by atoms with Gasteiger partial charge in [-0.2, -0.15) is 0 Å². The third-order valence-corrected chi connectivity index (χ3v) is 10.1. The summed E-state index contributed by atoms with van der Waals surface area (Å²) < 4.78 is 38.2. The molecule has 0 radical (unpaired) electrons. The van der Waals surface area contributed by atoms with Gasteiger partial charge in [-0.05, 0) is 52.0 Å². The standard InChI is InChI=1S/C40H24N2S/c1-4-12-28-24(9-1)17-19-31-30-14-6-8-16-36(30)42(39(28)31)27-18-20-32-37(23-27)43-40-29-13-5-2-10-25(29)21-33(38(32)40)35-22-26-11-3-7-15-34(26)41-35/h1-21,23H,22H2/i3D,7D,11D,15D. The SMILES string of the molecule is [2H]c1c([2H])c([2H])c2c(c1[2H])CC(c1cc3ccccc3c3sc4cc(-n5c6ccccc6c6ccc7ccccc7c65)ccc4c13)=N2. The van der Waals surface area contributed by atoms with E-state index in [-0.39, 0.29) is 24.2 Å². The third-order valence-electron chi connectivity index (χ3n) is 8.91. The minimum Gasteiger partial charge on any atom is -0.309 e. The van der Waals surface area contributed by atoms with Crippen molar-refractivity contribution in [1.82, 2.24) is 4.57 Å². The van der Waals surface area contributed by atoms with E-state index in [2.05, 4.69) is 108 Å². The summed E-state index contributed by atoms with van der Waals surface area (Å²) in [5.41, 5.74) is 6.15. The number of hydrogen-bond donors (Lipinski definition) is 0. The van der Waals surface area contributed by atoms with Crippen LogP contribution in [0, 0.1) is 0 Å². The lowest BCUT2D eigenvalue weighted by atomic mass is 9.95. The highest BCUT2D eigenvalue weighted by Gasteiger charge is 2.22. The Balaban J connectivity index is 1.26. The van der Waals surface area contributed by atoms with Crippen LogP contribution in [-0.4, -0.2) is 10.3 Å². The molecule has 1 aliphatic rings.